The Morgan fingerprint density at radius 2 is 2.00 bits per heavy atom. The molecule has 4 heteroatoms. The highest BCUT2D eigenvalue weighted by molar-refractivity contribution is 5.12. The second-order valence-electron chi connectivity index (χ2n) is 6.00. The minimum absolute atomic E-state index is 0.664. The number of hydrogen-bond acceptors (Lipinski definition) is 4. The third-order valence-electron chi connectivity index (χ3n) is 3.98. The normalized spacial score (nSPS) is 18.0. The van der Waals surface area contributed by atoms with Crippen molar-refractivity contribution in [1.29, 1.82) is 0 Å². The first kappa shape index (κ1) is 15.5. The number of rotatable bonds is 7. The van der Waals surface area contributed by atoms with E-state index in [2.05, 4.69) is 42.0 Å². The first-order valence-corrected chi connectivity index (χ1v) is 7.92. The number of nitrogens with zero attached hydrogens (tertiary/aromatic N) is 2. The second-order valence-corrected chi connectivity index (χ2v) is 6.00. The predicted molar refractivity (Wildman–Crippen MR) is 82.7 cm³/mol. The Balaban J connectivity index is 1.74. The van der Waals surface area contributed by atoms with Gasteiger partial charge in [0.25, 0.3) is 0 Å². The summed E-state index contributed by atoms with van der Waals surface area (Å²) >= 11 is 0. The predicted octanol–water partition coefficient (Wildman–Crippen LogP) is 2.31. The molecule has 0 unspecified atom stereocenters. The third kappa shape index (κ3) is 4.62. The Morgan fingerprint density at radius 1 is 1.25 bits per heavy atom. The monoisotopic (exact) mass is 279 g/mol. The van der Waals surface area contributed by atoms with E-state index in [1.807, 2.05) is 6.26 Å². The summed E-state index contributed by atoms with van der Waals surface area (Å²) in [6, 6.07) is 2.86. The van der Waals surface area contributed by atoms with Gasteiger partial charge in [0.1, 0.15) is 5.76 Å². The fraction of sp³-hybridized carbons (Fsp3) is 0.750. The molecule has 0 aromatic carbocycles. The van der Waals surface area contributed by atoms with E-state index in [4.69, 9.17) is 4.42 Å². The maximum Gasteiger partial charge on any atom is 0.118 e. The van der Waals surface area contributed by atoms with Crippen LogP contribution in [-0.4, -0.2) is 48.6 Å². The van der Waals surface area contributed by atoms with Gasteiger partial charge in [-0.2, -0.15) is 0 Å². The average molecular weight is 279 g/mol. The molecule has 0 aliphatic carbocycles. The fourth-order valence-corrected chi connectivity index (χ4v) is 2.67. The van der Waals surface area contributed by atoms with E-state index >= 15 is 0 Å². The van der Waals surface area contributed by atoms with E-state index in [1.54, 1.807) is 0 Å². The van der Waals surface area contributed by atoms with Crippen molar-refractivity contribution in [1.82, 2.24) is 15.1 Å². The molecule has 0 bridgehead atoms. The average Bonchev–Trinajstić information content (AvgIpc) is 2.87. The summed E-state index contributed by atoms with van der Waals surface area (Å²) in [5, 5.41) is 3.41. The van der Waals surface area contributed by atoms with Crippen molar-refractivity contribution in [2.45, 2.75) is 46.3 Å². The van der Waals surface area contributed by atoms with Crippen molar-refractivity contribution < 1.29 is 4.42 Å². The Kier molecular flexibility index (Phi) is 6.07. The standard InChI is InChI=1S/C16H29N3O/c1-4-5-17-11-15-10-16(20-13-15)12-18-6-8-19(9-7-18)14(2)3/h10,13-14,17H,4-9,11-12H2,1-3H3. The van der Waals surface area contributed by atoms with Crippen LogP contribution in [0.4, 0.5) is 0 Å². The number of hydrogen-bond donors (Lipinski definition) is 1. The van der Waals surface area contributed by atoms with Crippen LogP contribution < -0.4 is 5.32 Å². The van der Waals surface area contributed by atoms with E-state index in [-0.39, 0.29) is 0 Å². The molecule has 20 heavy (non-hydrogen) atoms. The highest BCUT2D eigenvalue weighted by atomic mass is 16.3. The van der Waals surface area contributed by atoms with Crippen molar-refractivity contribution in [3.63, 3.8) is 0 Å². The van der Waals surface area contributed by atoms with Crippen molar-refractivity contribution >= 4 is 0 Å². The van der Waals surface area contributed by atoms with E-state index in [0.29, 0.717) is 6.04 Å². The van der Waals surface area contributed by atoms with Crippen LogP contribution in [0.25, 0.3) is 0 Å². The summed E-state index contributed by atoms with van der Waals surface area (Å²) in [7, 11) is 0. The van der Waals surface area contributed by atoms with Crippen LogP contribution in [0, 0.1) is 0 Å². The Morgan fingerprint density at radius 3 is 2.65 bits per heavy atom. The van der Waals surface area contributed by atoms with Gasteiger partial charge in [-0.15, -0.1) is 0 Å². The Hall–Kier alpha value is -0.840. The summed E-state index contributed by atoms with van der Waals surface area (Å²) in [6.45, 7) is 14.3. The summed E-state index contributed by atoms with van der Waals surface area (Å²) in [4.78, 5) is 5.03. The van der Waals surface area contributed by atoms with Gasteiger partial charge in [0.15, 0.2) is 0 Å². The van der Waals surface area contributed by atoms with Crippen LogP contribution in [-0.2, 0) is 13.1 Å². The molecule has 1 saturated heterocycles. The summed E-state index contributed by atoms with van der Waals surface area (Å²) < 4.78 is 5.68. The minimum atomic E-state index is 0.664. The van der Waals surface area contributed by atoms with E-state index in [9.17, 15) is 0 Å². The first-order valence-electron chi connectivity index (χ1n) is 7.92. The minimum Gasteiger partial charge on any atom is -0.468 e. The number of furan rings is 1. The quantitative estimate of drug-likeness (QED) is 0.776. The number of piperazine rings is 1. The van der Waals surface area contributed by atoms with Crippen LogP contribution in [0.5, 0.6) is 0 Å². The van der Waals surface area contributed by atoms with Crippen LogP contribution in [0.3, 0.4) is 0 Å². The first-order chi connectivity index (χ1) is 9.69. The van der Waals surface area contributed by atoms with Gasteiger partial charge in [0.2, 0.25) is 0 Å². The summed E-state index contributed by atoms with van der Waals surface area (Å²) in [5.74, 6) is 1.09. The van der Waals surface area contributed by atoms with Gasteiger partial charge in [0, 0.05) is 44.3 Å². The molecule has 114 valence electrons. The molecule has 2 heterocycles. The molecular weight excluding hydrogens is 250 g/mol. The molecular formula is C16H29N3O. The molecule has 0 amide bonds. The zero-order chi connectivity index (χ0) is 14.4. The zero-order valence-corrected chi connectivity index (χ0v) is 13.2. The van der Waals surface area contributed by atoms with Crippen molar-refractivity contribution in [3.8, 4) is 0 Å². The van der Waals surface area contributed by atoms with Crippen molar-refractivity contribution in [3.05, 3.63) is 23.7 Å². The van der Waals surface area contributed by atoms with Crippen molar-refractivity contribution in [2.24, 2.45) is 0 Å². The molecule has 0 spiro atoms. The lowest BCUT2D eigenvalue weighted by Crippen LogP contribution is -2.48. The van der Waals surface area contributed by atoms with Gasteiger partial charge in [-0.3, -0.25) is 9.80 Å². The third-order valence-corrected chi connectivity index (χ3v) is 3.98. The lowest BCUT2D eigenvalue weighted by atomic mass is 10.2. The van der Waals surface area contributed by atoms with Crippen LogP contribution >= 0.6 is 0 Å². The van der Waals surface area contributed by atoms with Gasteiger partial charge in [0.05, 0.1) is 12.8 Å². The molecule has 1 N–H and O–H groups in total. The van der Waals surface area contributed by atoms with Crippen LogP contribution in [0.2, 0.25) is 0 Å². The maximum absolute atomic E-state index is 5.68. The molecule has 1 aromatic heterocycles. The van der Waals surface area contributed by atoms with E-state index in [1.165, 1.54) is 25.1 Å². The van der Waals surface area contributed by atoms with Crippen molar-refractivity contribution in [2.75, 3.05) is 32.7 Å². The molecule has 1 aromatic rings. The molecule has 1 fully saturated rings. The lowest BCUT2D eigenvalue weighted by Gasteiger charge is -2.36. The Labute approximate surface area is 123 Å². The highest BCUT2D eigenvalue weighted by Crippen LogP contribution is 2.13. The summed E-state index contributed by atoms with van der Waals surface area (Å²) in [5.41, 5.74) is 1.26. The van der Waals surface area contributed by atoms with Gasteiger partial charge >= 0.3 is 0 Å². The van der Waals surface area contributed by atoms with Gasteiger partial charge in [-0.1, -0.05) is 6.92 Å². The molecule has 0 radical (unpaired) electrons. The van der Waals surface area contributed by atoms with Gasteiger partial charge in [-0.25, -0.2) is 0 Å². The highest BCUT2D eigenvalue weighted by Gasteiger charge is 2.19. The molecule has 1 aliphatic rings. The topological polar surface area (TPSA) is 31.7 Å². The second kappa shape index (κ2) is 7.81. The van der Waals surface area contributed by atoms with E-state index in [0.717, 1.165) is 38.5 Å². The van der Waals surface area contributed by atoms with Crippen LogP contribution in [0.15, 0.2) is 16.7 Å². The molecule has 4 nitrogen and oxygen atoms in total. The molecule has 0 saturated carbocycles. The smallest absolute Gasteiger partial charge is 0.118 e. The molecule has 0 atom stereocenters. The number of nitrogens with one attached hydrogen (secondary N) is 1. The maximum atomic E-state index is 5.68. The molecule has 2 rings (SSSR count). The summed E-state index contributed by atoms with van der Waals surface area (Å²) in [6.07, 6.45) is 3.06. The van der Waals surface area contributed by atoms with Gasteiger partial charge in [-0.05, 0) is 32.9 Å². The van der Waals surface area contributed by atoms with E-state index < -0.39 is 0 Å². The molecule has 1 aliphatic heterocycles. The lowest BCUT2D eigenvalue weighted by molar-refractivity contribution is 0.0991. The van der Waals surface area contributed by atoms with Gasteiger partial charge < -0.3 is 9.73 Å². The Bertz CT molecular complexity index is 381. The largest absolute Gasteiger partial charge is 0.468 e. The zero-order valence-electron chi connectivity index (χ0n) is 13.2. The SMILES string of the molecule is CCCNCc1coc(CN2CCN(C(C)C)CC2)c1. The fourth-order valence-electron chi connectivity index (χ4n) is 2.67. The van der Waals surface area contributed by atoms with Crippen LogP contribution in [0.1, 0.15) is 38.5 Å².